The summed E-state index contributed by atoms with van der Waals surface area (Å²) in [4.78, 5) is 12.4. The van der Waals surface area contributed by atoms with Crippen LogP contribution in [0.15, 0.2) is 59.6 Å². The van der Waals surface area contributed by atoms with E-state index >= 15 is 0 Å². The third-order valence-electron chi connectivity index (χ3n) is 4.28. The highest BCUT2D eigenvalue weighted by Crippen LogP contribution is 2.23. The molecule has 0 unspecified atom stereocenters. The number of fused-ring (bicyclic) bond motifs is 1. The number of aryl methyl sites for hydroxylation is 1. The average molecular weight is 400 g/mol. The summed E-state index contributed by atoms with van der Waals surface area (Å²) in [6, 6.07) is 13.4. The molecule has 0 radical (unpaired) electrons. The van der Waals surface area contributed by atoms with Crippen LogP contribution in [0.1, 0.15) is 38.1 Å². The predicted molar refractivity (Wildman–Crippen MR) is 112 cm³/mol. The van der Waals surface area contributed by atoms with Crippen molar-refractivity contribution in [3.63, 3.8) is 0 Å². The van der Waals surface area contributed by atoms with Crippen molar-refractivity contribution in [2.45, 2.75) is 44.7 Å². The van der Waals surface area contributed by atoms with Crippen molar-refractivity contribution in [1.29, 1.82) is 0 Å². The van der Waals surface area contributed by atoms with Crippen LogP contribution in [0, 0.1) is 0 Å². The Bertz CT molecular complexity index is 1110. The van der Waals surface area contributed by atoms with Gasteiger partial charge in [0.05, 0.1) is 4.90 Å². The summed E-state index contributed by atoms with van der Waals surface area (Å²) in [6.07, 6.45) is 1.94. The quantitative estimate of drug-likeness (QED) is 0.681. The molecule has 0 aliphatic carbocycles. The summed E-state index contributed by atoms with van der Waals surface area (Å²) in [5.41, 5.74) is 1.41. The van der Waals surface area contributed by atoms with Crippen molar-refractivity contribution in [3.05, 3.63) is 60.3 Å². The Morgan fingerprint density at radius 3 is 2.32 bits per heavy atom. The molecule has 0 aliphatic rings. The van der Waals surface area contributed by atoms with Gasteiger partial charge in [-0.3, -0.25) is 9.52 Å². The van der Waals surface area contributed by atoms with Crippen molar-refractivity contribution in [2.24, 2.45) is 0 Å². The van der Waals surface area contributed by atoms with Gasteiger partial charge in [-0.05, 0) is 75.5 Å². The van der Waals surface area contributed by atoms with Crippen LogP contribution >= 0.6 is 0 Å². The first-order chi connectivity index (χ1) is 13.1. The van der Waals surface area contributed by atoms with E-state index in [1.54, 1.807) is 42.5 Å². The number of nitrogens with zero attached hydrogens (tertiary/aromatic N) is 1. The van der Waals surface area contributed by atoms with Gasteiger partial charge in [-0.25, -0.2) is 8.42 Å². The molecular weight excluding hydrogens is 374 g/mol. The smallest absolute Gasteiger partial charge is 0.261 e. The number of hydrogen-bond donors (Lipinski definition) is 2. The molecule has 6 nitrogen and oxygen atoms in total. The van der Waals surface area contributed by atoms with Crippen LogP contribution in [0.5, 0.6) is 0 Å². The zero-order valence-corrected chi connectivity index (χ0v) is 17.3. The van der Waals surface area contributed by atoms with Gasteiger partial charge < -0.3 is 9.88 Å². The molecule has 28 heavy (non-hydrogen) atoms. The summed E-state index contributed by atoms with van der Waals surface area (Å²) in [7, 11) is -3.73. The molecule has 0 aliphatic heterocycles. The second-order valence-corrected chi connectivity index (χ2v) is 9.39. The van der Waals surface area contributed by atoms with Gasteiger partial charge in [0.15, 0.2) is 0 Å². The van der Waals surface area contributed by atoms with E-state index in [0.717, 1.165) is 17.4 Å². The standard InChI is InChI=1S/C21H25N3O3S/c1-5-24-13-12-15-8-11-18(14-19(15)24)28(26,27)23-17-9-6-16(7-10-17)20(25)22-21(2,3)4/h6-14,23H,5H2,1-4H3,(H,22,25). The molecule has 0 spiro atoms. The minimum absolute atomic E-state index is 0.197. The van der Waals surface area contributed by atoms with Crippen LogP contribution in [0.25, 0.3) is 10.9 Å². The van der Waals surface area contributed by atoms with E-state index in [2.05, 4.69) is 10.0 Å². The Hall–Kier alpha value is -2.80. The molecule has 1 amide bonds. The first-order valence-electron chi connectivity index (χ1n) is 9.13. The molecule has 3 rings (SSSR count). The molecule has 0 fully saturated rings. The molecule has 0 atom stereocenters. The Morgan fingerprint density at radius 2 is 1.71 bits per heavy atom. The van der Waals surface area contributed by atoms with Crippen LogP contribution in [0.2, 0.25) is 0 Å². The fourth-order valence-electron chi connectivity index (χ4n) is 2.92. The van der Waals surface area contributed by atoms with Crippen molar-refractivity contribution in [3.8, 4) is 0 Å². The van der Waals surface area contributed by atoms with E-state index in [1.165, 1.54) is 0 Å². The predicted octanol–water partition coefficient (Wildman–Crippen LogP) is 3.99. The van der Waals surface area contributed by atoms with Gasteiger partial charge in [0.2, 0.25) is 0 Å². The molecular formula is C21H25N3O3S. The minimum Gasteiger partial charge on any atom is -0.348 e. The zero-order valence-electron chi connectivity index (χ0n) is 16.5. The van der Waals surface area contributed by atoms with E-state index in [-0.39, 0.29) is 16.3 Å². The lowest BCUT2D eigenvalue weighted by Gasteiger charge is -2.20. The lowest BCUT2D eigenvalue weighted by molar-refractivity contribution is 0.0919. The molecule has 0 saturated heterocycles. The molecule has 3 aromatic rings. The number of rotatable bonds is 5. The fraction of sp³-hybridized carbons (Fsp3) is 0.286. The molecule has 2 N–H and O–H groups in total. The molecule has 148 valence electrons. The molecule has 2 aromatic carbocycles. The Morgan fingerprint density at radius 1 is 1.04 bits per heavy atom. The van der Waals surface area contributed by atoms with Gasteiger partial charge in [-0.1, -0.05) is 6.07 Å². The molecule has 0 saturated carbocycles. The highest BCUT2D eigenvalue weighted by atomic mass is 32.2. The average Bonchev–Trinajstić information content (AvgIpc) is 3.03. The number of sulfonamides is 1. The number of carbonyl (C=O) groups excluding carboxylic acids is 1. The number of aromatic nitrogens is 1. The Kier molecular flexibility index (Phi) is 5.21. The van der Waals surface area contributed by atoms with Gasteiger partial charge in [0, 0.05) is 35.0 Å². The number of hydrogen-bond acceptors (Lipinski definition) is 3. The van der Waals surface area contributed by atoms with Crippen LogP contribution in [0.4, 0.5) is 5.69 Å². The van der Waals surface area contributed by atoms with E-state index in [0.29, 0.717) is 11.3 Å². The van der Waals surface area contributed by atoms with Crippen LogP contribution in [0.3, 0.4) is 0 Å². The van der Waals surface area contributed by atoms with E-state index in [1.807, 2.05) is 44.5 Å². The highest BCUT2D eigenvalue weighted by Gasteiger charge is 2.17. The van der Waals surface area contributed by atoms with Gasteiger partial charge in [0.25, 0.3) is 15.9 Å². The Labute approximate surface area is 165 Å². The molecule has 1 heterocycles. The number of anilines is 1. The second kappa shape index (κ2) is 7.31. The number of nitrogens with one attached hydrogen (secondary N) is 2. The maximum atomic E-state index is 12.8. The summed E-state index contributed by atoms with van der Waals surface area (Å²) in [6.45, 7) is 8.48. The largest absolute Gasteiger partial charge is 0.348 e. The maximum absolute atomic E-state index is 12.8. The van der Waals surface area contributed by atoms with Crippen molar-refractivity contribution in [1.82, 2.24) is 9.88 Å². The molecule has 0 bridgehead atoms. The molecule has 7 heteroatoms. The van der Waals surface area contributed by atoms with Gasteiger partial charge in [0.1, 0.15) is 0 Å². The minimum atomic E-state index is -3.73. The fourth-order valence-corrected chi connectivity index (χ4v) is 4.00. The summed E-state index contributed by atoms with van der Waals surface area (Å²) < 4.78 is 30.1. The van der Waals surface area contributed by atoms with Gasteiger partial charge in [-0.15, -0.1) is 0 Å². The summed E-state index contributed by atoms with van der Waals surface area (Å²) in [5, 5.41) is 3.87. The van der Waals surface area contributed by atoms with Crippen LogP contribution in [-0.4, -0.2) is 24.4 Å². The first-order valence-corrected chi connectivity index (χ1v) is 10.6. The van der Waals surface area contributed by atoms with Crippen molar-refractivity contribution >= 4 is 32.5 Å². The third-order valence-corrected chi connectivity index (χ3v) is 5.66. The first kappa shape index (κ1) is 19.9. The third kappa shape index (κ3) is 4.36. The number of carbonyl (C=O) groups is 1. The molecule has 1 aromatic heterocycles. The number of amides is 1. The SMILES string of the molecule is CCn1ccc2ccc(S(=O)(=O)Nc3ccc(C(=O)NC(C)(C)C)cc3)cc21. The van der Waals surface area contributed by atoms with Crippen molar-refractivity contribution in [2.75, 3.05) is 4.72 Å². The van der Waals surface area contributed by atoms with Crippen LogP contribution in [-0.2, 0) is 16.6 Å². The summed E-state index contributed by atoms with van der Waals surface area (Å²) in [5.74, 6) is -0.201. The lowest BCUT2D eigenvalue weighted by Crippen LogP contribution is -2.40. The zero-order chi connectivity index (χ0) is 20.5. The van der Waals surface area contributed by atoms with E-state index in [9.17, 15) is 13.2 Å². The van der Waals surface area contributed by atoms with E-state index in [4.69, 9.17) is 0 Å². The van der Waals surface area contributed by atoms with Gasteiger partial charge in [-0.2, -0.15) is 0 Å². The number of benzene rings is 2. The summed E-state index contributed by atoms with van der Waals surface area (Å²) >= 11 is 0. The maximum Gasteiger partial charge on any atom is 0.261 e. The normalized spacial score (nSPS) is 12.1. The van der Waals surface area contributed by atoms with E-state index < -0.39 is 10.0 Å². The highest BCUT2D eigenvalue weighted by molar-refractivity contribution is 7.92. The van der Waals surface area contributed by atoms with Crippen LogP contribution < -0.4 is 10.0 Å². The van der Waals surface area contributed by atoms with Crippen molar-refractivity contribution < 1.29 is 13.2 Å². The topological polar surface area (TPSA) is 80.2 Å². The Balaban J connectivity index is 1.81. The second-order valence-electron chi connectivity index (χ2n) is 7.71. The lowest BCUT2D eigenvalue weighted by atomic mass is 10.1. The monoisotopic (exact) mass is 399 g/mol. The van der Waals surface area contributed by atoms with Gasteiger partial charge >= 0.3 is 0 Å².